The molecule has 0 saturated carbocycles. The van der Waals surface area contributed by atoms with E-state index in [0.717, 1.165) is 25.3 Å². The van der Waals surface area contributed by atoms with Crippen LogP contribution >= 0.6 is 10.7 Å². The highest BCUT2D eigenvalue weighted by Crippen LogP contribution is 2.33. The summed E-state index contributed by atoms with van der Waals surface area (Å²) in [5.74, 6) is -0.750. The first kappa shape index (κ1) is 14.1. The maximum atomic E-state index is 12.4. The van der Waals surface area contributed by atoms with Crippen molar-refractivity contribution in [1.82, 2.24) is 0 Å². The topological polar surface area (TPSA) is 43.4 Å². The summed E-state index contributed by atoms with van der Waals surface area (Å²) in [6.07, 6.45) is -4.51. The maximum absolute atomic E-state index is 12.4. The highest BCUT2D eigenvalue weighted by atomic mass is 35.7. The molecule has 0 radical (unpaired) electrons. The molecule has 0 aromatic heterocycles. The van der Waals surface area contributed by atoms with Gasteiger partial charge in [0.15, 0.2) is 0 Å². The zero-order chi connectivity index (χ0) is 13.3. The van der Waals surface area contributed by atoms with Crippen molar-refractivity contribution in [2.45, 2.75) is 11.9 Å². The van der Waals surface area contributed by atoms with Crippen molar-refractivity contribution in [2.24, 2.45) is 0 Å². The normalized spacial score (nSPS) is 12.5. The largest absolute Gasteiger partial charge is 0.496 e. The molecule has 17 heavy (non-hydrogen) atoms. The predicted octanol–water partition coefficient (Wildman–Crippen LogP) is 2.78. The molecule has 0 heterocycles. The minimum atomic E-state index is -4.51. The Balaban J connectivity index is 3.19. The molecule has 8 heteroatoms. The quantitative estimate of drug-likeness (QED) is 0.803. The lowest BCUT2D eigenvalue weighted by Crippen LogP contribution is -2.07. The second-order valence-corrected chi connectivity index (χ2v) is 5.98. The van der Waals surface area contributed by atoms with E-state index < -0.39 is 26.5 Å². The van der Waals surface area contributed by atoms with Crippen LogP contribution < -0.4 is 4.74 Å². The monoisotopic (exact) mass is 288 g/mol. The fourth-order valence-electron chi connectivity index (χ4n) is 1.23. The summed E-state index contributed by atoms with van der Waals surface area (Å²) >= 11 is 0. The summed E-state index contributed by atoms with van der Waals surface area (Å²) in [7, 11) is 2.33. The van der Waals surface area contributed by atoms with Gasteiger partial charge in [0.05, 0.1) is 18.4 Å². The summed E-state index contributed by atoms with van der Waals surface area (Å²) in [5.41, 5.74) is -0.833. The summed E-state index contributed by atoms with van der Waals surface area (Å²) < 4.78 is 63.5. The van der Waals surface area contributed by atoms with Gasteiger partial charge in [0, 0.05) is 16.2 Å². The third-order valence-electron chi connectivity index (χ3n) is 1.94. The second-order valence-electron chi connectivity index (χ2n) is 3.21. The van der Waals surface area contributed by atoms with Gasteiger partial charge < -0.3 is 4.74 Å². The summed E-state index contributed by atoms with van der Waals surface area (Å²) in [6.45, 7) is 0. The molecular formula is C9H8ClF3O3S. The minimum absolute atomic E-state index is 0.0792. The van der Waals surface area contributed by atoms with Gasteiger partial charge >= 0.3 is 6.18 Å². The highest BCUT2D eigenvalue weighted by Gasteiger charge is 2.31. The maximum Gasteiger partial charge on any atom is 0.416 e. The average Bonchev–Trinajstić information content (AvgIpc) is 2.14. The van der Waals surface area contributed by atoms with E-state index in [9.17, 15) is 21.6 Å². The fraction of sp³-hybridized carbons (Fsp3) is 0.333. The van der Waals surface area contributed by atoms with Crippen molar-refractivity contribution in [3.63, 3.8) is 0 Å². The van der Waals surface area contributed by atoms with Crippen LogP contribution in [0.5, 0.6) is 5.75 Å². The van der Waals surface area contributed by atoms with Crippen molar-refractivity contribution in [3.05, 3.63) is 29.3 Å². The van der Waals surface area contributed by atoms with Crippen LogP contribution in [0.4, 0.5) is 13.2 Å². The van der Waals surface area contributed by atoms with E-state index >= 15 is 0 Å². The summed E-state index contributed by atoms with van der Waals surface area (Å²) in [4.78, 5) is 0. The molecule has 0 aliphatic rings. The SMILES string of the molecule is COc1cc(C(F)(F)F)ccc1CS(=O)(=O)Cl. The van der Waals surface area contributed by atoms with Crippen molar-refractivity contribution >= 4 is 19.7 Å². The van der Waals surface area contributed by atoms with Gasteiger partial charge in [-0.15, -0.1) is 0 Å². The lowest BCUT2D eigenvalue weighted by atomic mass is 10.1. The molecule has 1 aromatic carbocycles. The Labute approximate surface area is 101 Å². The molecule has 0 spiro atoms. The van der Waals surface area contributed by atoms with Gasteiger partial charge in [-0.3, -0.25) is 0 Å². The highest BCUT2D eigenvalue weighted by molar-refractivity contribution is 8.13. The number of ether oxygens (including phenoxy) is 1. The Morgan fingerprint density at radius 2 is 1.94 bits per heavy atom. The van der Waals surface area contributed by atoms with Crippen molar-refractivity contribution in [2.75, 3.05) is 7.11 Å². The van der Waals surface area contributed by atoms with Crippen LogP contribution in [0.25, 0.3) is 0 Å². The third kappa shape index (κ3) is 4.08. The lowest BCUT2D eigenvalue weighted by Gasteiger charge is -2.11. The van der Waals surface area contributed by atoms with Gasteiger partial charge in [-0.25, -0.2) is 8.42 Å². The molecular weight excluding hydrogens is 281 g/mol. The number of benzene rings is 1. The standard InChI is InChI=1S/C9H8ClF3O3S/c1-16-8-4-7(9(11,12)13)3-2-6(8)5-17(10,14)15/h2-4H,5H2,1H3. The molecule has 1 aromatic rings. The Bertz CT molecular complexity index is 511. The van der Waals surface area contributed by atoms with Crippen LogP contribution in [0.3, 0.4) is 0 Å². The molecule has 0 N–H and O–H groups in total. The van der Waals surface area contributed by atoms with E-state index in [4.69, 9.17) is 15.4 Å². The fourth-order valence-corrected chi connectivity index (χ4v) is 2.19. The molecule has 96 valence electrons. The van der Waals surface area contributed by atoms with Crippen LogP contribution in [0.2, 0.25) is 0 Å². The molecule has 0 saturated heterocycles. The van der Waals surface area contributed by atoms with Crippen LogP contribution in [0, 0.1) is 0 Å². The van der Waals surface area contributed by atoms with E-state index in [1.807, 2.05) is 0 Å². The molecule has 0 unspecified atom stereocenters. The number of hydrogen-bond donors (Lipinski definition) is 0. The molecule has 0 aliphatic heterocycles. The van der Waals surface area contributed by atoms with Gasteiger partial charge in [-0.2, -0.15) is 13.2 Å². The number of methoxy groups -OCH3 is 1. The molecule has 0 fully saturated rings. The number of rotatable bonds is 3. The zero-order valence-electron chi connectivity index (χ0n) is 8.58. The number of halogens is 4. The van der Waals surface area contributed by atoms with E-state index in [0.29, 0.717) is 0 Å². The average molecular weight is 289 g/mol. The Morgan fingerprint density at radius 3 is 2.35 bits per heavy atom. The van der Waals surface area contributed by atoms with Crippen LogP contribution in [-0.2, 0) is 21.0 Å². The van der Waals surface area contributed by atoms with Gasteiger partial charge in [0.2, 0.25) is 9.05 Å². The molecule has 0 amide bonds. The van der Waals surface area contributed by atoms with Gasteiger partial charge in [0.25, 0.3) is 0 Å². The van der Waals surface area contributed by atoms with Crippen molar-refractivity contribution in [3.8, 4) is 5.75 Å². The van der Waals surface area contributed by atoms with E-state index in [1.54, 1.807) is 0 Å². The lowest BCUT2D eigenvalue weighted by molar-refractivity contribution is -0.137. The van der Waals surface area contributed by atoms with Crippen LogP contribution in [-0.4, -0.2) is 15.5 Å². The first-order chi connectivity index (χ1) is 7.63. The third-order valence-corrected chi connectivity index (χ3v) is 2.93. The van der Waals surface area contributed by atoms with E-state index in [1.165, 1.54) is 0 Å². The first-order valence-electron chi connectivity index (χ1n) is 4.30. The Morgan fingerprint density at radius 1 is 1.35 bits per heavy atom. The number of alkyl halides is 3. The van der Waals surface area contributed by atoms with Crippen molar-refractivity contribution in [1.29, 1.82) is 0 Å². The van der Waals surface area contributed by atoms with E-state index in [-0.39, 0.29) is 11.3 Å². The predicted molar refractivity (Wildman–Crippen MR) is 56.5 cm³/mol. The van der Waals surface area contributed by atoms with Gasteiger partial charge in [0.1, 0.15) is 5.75 Å². The van der Waals surface area contributed by atoms with Crippen LogP contribution in [0.1, 0.15) is 11.1 Å². The minimum Gasteiger partial charge on any atom is -0.496 e. The molecule has 0 atom stereocenters. The van der Waals surface area contributed by atoms with Crippen molar-refractivity contribution < 1.29 is 26.3 Å². The molecule has 0 aliphatic carbocycles. The first-order valence-corrected chi connectivity index (χ1v) is 6.78. The molecule has 1 rings (SSSR count). The number of hydrogen-bond acceptors (Lipinski definition) is 3. The molecule has 3 nitrogen and oxygen atoms in total. The van der Waals surface area contributed by atoms with Gasteiger partial charge in [-0.1, -0.05) is 6.07 Å². The molecule has 0 bridgehead atoms. The zero-order valence-corrected chi connectivity index (χ0v) is 10.2. The van der Waals surface area contributed by atoms with E-state index in [2.05, 4.69) is 0 Å². The smallest absolute Gasteiger partial charge is 0.416 e. The summed E-state index contributed by atoms with van der Waals surface area (Å²) in [5, 5.41) is 0. The Kier molecular flexibility index (Phi) is 3.93. The van der Waals surface area contributed by atoms with Crippen LogP contribution in [0.15, 0.2) is 18.2 Å². The summed E-state index contributed by atoms with van der Waals surface area (Å²) in [6, 6.07) is 2.54. The van der Waals surface area contributed by atoms with Gasteiger partial charge in [-0.05, 0) is 12.1 Å². The second kappa shape index (κ2) is 4.73. The Hall–Kier alpha value is -0.950.